The molecule has 0 heterocycles. The van der Waals surface area contributed by atoms with Crippen molar-refractivity contribution in [2.75, 3.05) is 14.2 Å². The van der Waals surface area contributed by atoms with Crippen LogP contribution in [0.3, 0.4) is 0 Å². The number of methoxy groups -OCH3 is 2. The Balaban J connectivity index is 1.33. The molecule has 0 spiro atoms. The normalized spacial score (nSPS) is 36.6. The average molecular weight is 649 g/mol. The van der Waals surface area contributed by atoms with E-state index in [2.05, 4.69) is 31.4 Å². The lowest BCUT2D eigenvalue weighted by atomic mass is 9.43. The molecule has 4 aliphatic rings. The standard InChI is InChI=1S/C36H60N2O8/c1-21(9-16-31(41)44-7)25-12-13-26-24-11-10-22-19-23(17-18-35(22,5)27(24)20-29(39)36(25,26)6)37-30(40)15-14-28(32(42)45-8)38-33(43)46-34(2,3)4/h21-29,39H,9-20H2,1-8H3,(H,37,40)(H,38,43)/t21?,22-,23+,24?,25-,26?,27?,28+,29+,35+,36-/m1/s1. The van der Waals surface area contributed by atoms with Gasteiger partial charge in [-0.1, -0.05) is 20.8 Å². The Hall–Kier alpha value is -2.36. The van der Waals surface area contributed by atoms with Gasteiger partial charge in [-0.05, 0) is 131 Å². The molecule has 11 atom stereocenters. The number of nitrogens with one attached hydrogen (secondary N) is 2. The molecule has 0 aliphatic heterocycles. The highest BCUT2D eigenvalue weighted by Gasteiger charge is 2.63. The predicted octanol–water partition coefficient (Wildman–Crippen LogP) is 5.54. The molecule has 4 saturated carbocycles. The van der Waals surface area contributed by atoms with Gasteiger partial charge in [-0.15, -0.1) is 0 Å². The summed E-state index contributed by atoms with van der Waals surface area (Å²) >= 11 is 0. The fraction of sp³-hybridized carbons (Fsp3) is 0.889. The van der Waals surface area contributed by atoms with Gasteiger partial charge in [0.2, 0.25) is 5.91 Å². The van der Waals surface area contributed by atoms with Gasteiger partial charge in [0.05, 0.1) is 20.3 Å². The molecular formula is C36H60N2O8. The molecule has 3 N–H and O–H groups in total. The fourth-order valence-electron chi connectivity index (χ4n) is 10.4. The molecule has 0 bridgehead atoms. The number of aliphatic hydroxyl groups is 1. The van der Waals surface area contributed by atoms with Crippen molar-refractivity contribution in [1.29, 1.82) is 0 Å². The minimum Gasteiger partial charge on any atom is -0.469 e. The zero-order valence-corrected chi connectivity index (χ0v) is 29.5. The third-order valence-electron chi connectivity index (χ3n) is 12.8. The maximum atomic E-state index is 13.0. The van der Waals surface area contributed by atoms with Gasteiger partial charge in [0.15, 0.2) is 0 Å². The number of fused-ring (bicyclic) bond motifs is 5. The van der Waals surface area contributed by atoms with E-state index in [-0.39, 0.29) is 47.7 Å². The SMILES string of the molecule is COC(=O)CCC(C)[C@H]1CCC2C3CC[C@@H]4C[C@@H](NC(=O)CC[C@H](NC(=O)OC(C)(C)C)C(=O)OC)CC[C@]4(C)C3C[C@H](O)[C@@]21C. The fourth-order valence-corrected chi connectivity index (χ4v) is 10.4. The van der Waals surface area contributed by atoms with E-state index in [4.69, 9.17) is 14.2 Å². The quantitative estimate of drug-likeness (QED) is 0.207. The first-order valence-electron chi connectivity index (χ1n) is 17.6. The van der Waals surface area contributed by atoms with Crippen LogP contribution in [0.1, 0.15) is 119 Å². The lowest BCUT2D eigenvalue weighted by Gasteiger charge is -2.62. The summed E-state index contributed by atoms with van der Waals surface area (Å²) in [5.41, 5.74) is -0.698. The third-order valence-corrected chi connectivity index (χ3v) is 12.8. The van der Waals surface area contributed by atoms with E-state index >= 15 is 0 Å². The molecule has 10 nitrogen and oxygen atoms in total. The molecule has 4 aliphatic carbocycles. The zero-order chi connectivity index (χ0) is 34.0. The number of aliphatic hydroxyl groups excluding tert-OH is 1. The van der Waals surface area contributed by atoms with Crippen molar-refractivity contribution in [3.05, 3.63) is 0 Å². The van der Waals surface area contributed by atoms with Gasteiger partial charge in [-0.3, -0.25) is 9.59 Å². The molecule has 0 saturated heterocycles. The number of rotatable bonds is 10. The highest BCUT2D eigenvalue weighted by Crippen LogP contribution is 2.68. The molecule has 262 valence electrons. The second-order valence-corrected chi connectivity index (χ2v) is 16.3. The molecule has 4 unspecified atom stereocenters. The first kappa shape index (κ1) is 36.5. The van der Waals surface area contributed by atoms with Crippen molar-refractivity contribution in [2.45, 2.75) is 142 Å². The summed E-state index contributed by atoms with van der Waals surface area (Å²) in [6.45, 7) is 12.2. The minimum absolute atomic E-state index is 0.0721. The topological polar surface area (TPSA) is 140 Å². The number of ether oxygens (including phenoxy) is 3. The molecular weight excluding hydrogens is 588 g/mol. The molecule has 0 radical (unpaired) electrons. The summed E-state index contributed by atoms with van der Waals surface area (Å²) in [6, 6.07) is -0.896. The van der Waals surface area contributed by atoms with E-state index in [1.807, 2.05) is 0 Å². The van der Waals surface area contributed by atoms with Crippen molar-refractivity contribution < 1.29 is 38.5 Å². The van der Waals surface area contributed by atoms with Crippen LogP contribution in [-0.4, -0.2) is 67.1 Å². The second kappa shape index (κ2) is 14.4. The van der Waals surface area contributed by atoms with Crippen LogP contribution in [0.15, 0.2) is 0 Å². The van der Waals surface area contributed by atoms with Crippen LogP contribution in [0.2, 0.25) is 0 Å². The van der Waals surface area contributed by atoms with E-state index in [0.29, 0.717) is 41.9 Å². The smallest absolute Gasteiger partial charge is 0.408 e. The number of carbonyl (C=O) groups is 4. The van der Waals surface area contributed by atoms with Gasteiger partial charge in [-0.2, -0.15) is 0 Å². The van der Waals surface area contributed by atoms with Crippen LogP contribution in [-0.2, 0) is 28.6 Å². The van der Waals surface area contributed by atoms with Gasteiger partial charge >= 0.3 is 18.0 Å². The van der Waals surface area contributed by atoms with Crippen molar-refractivity contribution in [1.82, 2.24) is 10.6 Å². The Kier molecular flexibility index (Phi) is 11.4. The minimum atomic E-state index is -0.968. The molecule has 0 aromatic carbocycles. The molecule has 4 fully saturated rings. The highest BCUT2D eigenvalue weighted by molar-refractivity contribution is 5.83. The average Bonchev–Trinajstić information content (AvgIpc) is 3.35. The second-order valence-electron chi connectivity index (χ2n) is 16.3. The molecule has 2 amide bonds. The largest absolute Gasteiger partial charge is 0.469 e. The Morgan fingerprint density at radius 1 is 0.913 bits per heavy atom. The van der Waals surface area contributed by atoms with Crippen LogP contribution >= 0.6 is 0 Å². The van der Waals surface area contributed by atoms with Crippen molar-refractivity contribution >= 4 is 23.9 Å². The summed E-state index contributed by atoms with van der Waals surface area (Å²) in [5.74, 6) is 1.93. The monoisotopic (exact) mass is 648 g/mol. The molecule has 46 heavy (non-hydrogen) atoms. The number of amides is 2. The van der Waals surface area contributed by atoms with Crippen molar-refractivity contribution in [2.24, 2.45) is 46.3 Å². The lowest BCUT2D eigenvalue weighted by molar-refractivity contribution is -0.170. The number of carbonyl (C=O) groups excluding carboxylic acids is 4. The summed E-state index contributed by atoms with van der Waals surface area (Å²) in [5, 5.41) is 17.6. The maximum absolute atomic E-state index is 13.0. The van der Waals surface area contributed by atoms with Crippen LogP contribution in [0.4, 0.5) is 4.79 Å². The third kappa shape index (κ3) is 7.68. The van der Waals surface area contributed by atoms with Gasteiger partial charge in [-0.25, -0.2) is 9.59 Å². The summed E-state index contributed by atoms with van der Waals surface area (Å²) in [4.78, 5) is 49.4. The zero-order valence-electron chi connectivity index (χ0n) is 29.5. The summed E-state index contributed by atoms with van der Waals surface area (Å²) < 4.78 is 15.0. The Bertz CT molecular complexity index is 1120. The number of hydrogen-bond acceptors (Lipinski definition) is 8. The summed E-state index contributed by atoms with van der Waals surface area (Å²) in [7, 11) is 2.70. The van der Waals surface area contributed by atoms with Gasteiger partial charge in [0.25, 0.3) is 0 Å². The van der Waals surface area contributed by atoms with Crippen LogP contribution in [0.5, 0.6) is 0 Å². The Labute approximate surface area is 275 Å². The molecule has 4 rings (SSSR count). The van der Waals surface area contributed by atoms with E-state index < -0.39 is 23.7 Å². The van der Waals surface area contributed by atoms with E-state index in [9.17, 15) is 24.3 Å². The van der Waals surface area contributed by atoms with Gasteiger partial charge in [0.1, 0.15) is 11.6 Å². The first-order chi connectivity index (χ1) is 21.5. The van der Waals surface area contributed by atoms with E-state index in [0.717, 1.165) is 51.4 Å². The van der Waals surface area contributed by atoms with Crippen molar-refractivity contribution in [3.8, 4) is 0 Å². The lowest BCUT2D eigenvalue weighted by Crippen LogP contribution is -2.59. The van der Waals surface area contributed by atoms with Gasteiger partial charge < -0.3 is 30.0 Å². The van der Waals surface area contributed by atoms with Gasteiger partial charge in [0, 0.05) is 18.9 Å². The summed E-state index contributed by atoms with van der Waals surface area (Å²) in [6.07, 6.45) is 8.61. The van der Waals surface area contributed by atoms with E-state index in [1.165, 1.54) is 20.6 Å². The molecule has 0 aromatic heterocycles. The highest BCUT2D eigenvalue weighted by atomic mass is 16.6. The Morgan fingerprint density at radius 3 is 2.28 bits per heavy atom. The Morgan fingerprint density at radius 2 is 1.63 bits per heavy atom. The maximum Gasteiger partial charge on any atom is 0.408 e. The number of alkyl carbamates (subject to hydrolysis) is 1. The molecule has 0 aromatic rings. The van der Waals surface area contributed by atoms with Crippen LogP contribution in [0, 0.1) is 46.3 Å². The predicted molar refractivity (Wildman–Crippen MR) is 173 cm³/mol. The van der Waals surface area contributed by atoms with Crippen LogP contribution < -0.4 is 10.6 Å². The van der Waals surface area contributed by atoms with Crippen molar-refractivity contribution in [3.63, 3.8) is 0 Å². The number of esters is 2. The molecule has 10 heteroatoms. The van der Waals surface area contributed by atoms with Crippen LogP contribution in [0.25, 0.3) is 0 Å². The van der Waals surface area contributed by atoms with E-state index in [1.54, 1.807) is 20.8 Å². The number of hydrogen-bond donors (Lipinski definition) is 3. The first-order valence-corrected chi connectivity index (χ1v) is 17.6.